The van der Waals surface area contributed by atoms with Crippen LogP contribution in [0, 0.1) is 0 Å². The van der Waals surface area contributed by atoms with Gasteiger partial charge in [0.25, 0.3) is 0 Å². The molecule has 0 radical (unpaired) electrons. The van der Waals surface area contributed by atoms with Gasteiger partial charge in [0.1, 0.15) is 23.6 Å². The van der Waals surface area contributed by atoms with Crippen molar-refractivity contribution in [2.24, 2.45) is 0 Å². The summed E-state index contributed by atoms with van der Waals surface area (Å²) in [7, 11) is 0. The Kier molecular flexibility index (Phi) is 4.55. The van der Waals surface area contributed by atoms with E-state index in [1.807, 2.05) is 45.0 Å². The normalized spacial score (nSPS) is 14.6. The lowest BCUT2D eigenvalue weighted by Crippen LogP contribution is -2.14. The Hall–Kier alpha value is -3.68. The average molecular weight is 436 g/mol. The summed E-state index contributed by atoms with van der Waals surface area (Å²) in [4.78, 5) is 20.9. The molecule has 8 nitrogen and oxygen atoms in total. The molecule has 0 spiro atoms. The molecule has 4 rings (SSSR count). The van der Waals surface area contributed by atoms with Crippen molar-refractivity contribution in [2.75, 3.05) is 11.1 Å². The minimum Gasteiger partial charge on any atom is -0.383 e. The monoisotopic (exact) mass is 435 g/mol. The van der Waals surface area contributed by atoms with Gasteiger partial charge in [0.15, 0.2) is 5.82 Å². The highest BCUT2D eigenvalue weighted by Crippen LogP contribution is 2.34. The zero-order chi connectivity index (χ0) is 25.5. The first-order chi connectivity index (χ1) is 16.3. The highest BCUT2D eigenvalue weighted by molar-refractivity contribution is 6.00. The number of hydrogen-bond acceptors (Lipinski definition) is 6. The summed E-state index contributed by atoms with van der Waals surface area (Å²) in [5.74, 6) is 1.12. The van der Waals surface area contributed by atoms with Crippen molar-refractivity contribution in [1.29, 1.82) is 0 Å². The molecule has 0 aliphatic carbocycles. The van der Waals surface area contributed by atoms with Crippen LogP contribution in [0.3, 0.4) is 0 Å². The Bertz CT molecular complexity index is 1370. The number of amides is 1. The molecule has 0 saturated heterocycles. The van der Waals surface area contributed by atoms with Crippen molar-refractivity contribution in [3.63, 3.8) is 0 Å². The fraction of sp³-hybridized carbons (Fsp3) is 0.333. The number of benzene rings is 1. The van der Waals surface area contributed by atoms with Crippen LogP contribution in [0.15, 0.2) is 47.4 Å². The lowest BCUT2D eigenvalue weighted by Gasteiger charge is -2.12. The van der Waals surface area contributed by atoms with E-state index in [9.17, 15) is 4.79 Å². The van der Waals surface area contributed by atoms with Crippen LogP contribution in [-0.2, 0) is 16.6 Å². The first kappa shape index (κ1) is 17.9. The first-order valence-electron chi connectivity index (χ1n) is 11.8. The van der Waals surface area contributed by atoms with Gasteiger partial charge in [-0.3, -0.25) is 4.79 Å². The number of aromatic nitrogens is 4. The number of carbonyl (C=O) groups excluding carboxylic acids is 1. The van der Waals surface area contributed by atoms with Crippen LogP contribution in [0.1, 0.15) is 56.0 Å². The Balaban J connectivity index is 1.56. The maximum Gasteiger partial charge on any atom is 0.230 e. The minimum absolute atomic E-state index is 0.154. The number of carbonyl (C=O) groups is 1. The molecule has 3 N–H and O–H groups in total. The largest absolute Gasteiger partial charge is 0.383 e. The average Bonchev–Trinajstić information content (AvgIpc) is 3.39. The van der Waals surface area contributed by atoms with E-state index in [-0.39, 0.29) is 23.6 Å². The fourth-order valence-electron chi connectivity index (χ4n) is 3.48. The molecule has 3 heterocycles. The van der Waals surface area contributed by atoms with E-state index in [4.69, 9.17) is 14.4 Å². The van der Waals surface area contributed by atoms with Gasteiger partial charge in [-0.2, -0.15) is 0 Å². The quantitative estimate of drug-likeness (QED) is 0.469. The van der Waals surface area contributed by atoms with Crippen molar-refractivity contribution in [3.05, 3.63) is 54.2 Å². The molecule has 166 valence electrons. The molecule has 1 aromatic carbocycles. The maximum atomic E-state index is 12.5. The molecule has 4 aromatic rings. The van der Waals surface area contributed by atoms with Crippen LogP contribution < -0.4 is 11.1 Å². The number of anilines is 2. The maximum absolute atomic E-state index is 12.5. The second-order valence-electron chi connectivity index (χ2n) is 8.83. The van der Waals surface area contributed by atoms with Crippen LogP contribution >= 0.6 is 0 Å². The van der Waals surface area contributed by atoms with Gasteiger partial charge in [0.05, 0.1) is 11.8 Å². The lowest BCUT2D eigenvalue weighted by atomic mass is 9.93. The van der Waals surface area contributed by atoms with Crippen LogP contribution in [0.4, 0.5) is 11.6 Å². The van der Waals surface area contributed by atoms with Gasteiger partial charge in [0, 0.05) is 33.4 Å². The van der Waals surface area contributed by atoms with Gasteiger partial charge < -0.3 is 20.1 Å². The summed E-state index contributed by atoms with van der Waals surface area (Å²) in [6.07, 6.45) is 3.22. The van der Waals surface area contributed by atoms with Gasteiger partial charge in [-0.15, -0.1) is 0 Å². The Morgan fingerprint density at radius 1 is 1.28 bits per heavy atom. The van der Waals surface area contributed by atoms with Crippen molar-refractivity contribution < 1.29 is 13.4 Å². The third-order valence-corrected chi connectivity index (χ3v) is 5.20. The van der Waals surface area contributed by atoms with Gasteiger partial charge in [-0.1, -0.05) is 50.2 Å². The third kappa shape index (κ3) is 4.21. The number of nitrogens with one attached hydrogen (secondary N) is 1. The molecule has 1 unspecified atom stereocenters. The third-order valence-electron chi connectivity index (χ3n) is 5.20. The lowest BCUT2D eigenvalue weighted by molar-refractivity contribution is -0.115. The van der Waals surface area contributed by atoms with E-state index < -0.39 is 12.9 Å². The summed E-state index contributed by atoms with van der Waals surface area (Å²) >= 11 is 0. The van der Waals surface area contributed by atoms with Crippen LogP contribution in [0.25, 0.3) is 22.2 Å². The second kappa shape index (κ2) is 8.11. The van der Waals surface area contributed by atoms with Gasteiger partial charge in [-0.05, 0) is 24.9 Å². The van der Waals surface area contributed by atoms with Gasteiger partial charge in [-0.25, -0.2) is 9.97 Å². The fourth-order valence-corrected chi connectivity index (χ4v) is 3.48. The standard InChI is InChI=1S/C24H28N6O2/c1-14(2)30-12-17(21-22(25)26-13-27-23(21)30)16-8-6-15(7-9-16)10-20(31)28-19-11-18(32-29-19)24(3,4)5/h6-9,11-14H,10H2,1-5H3,(H2,25,26,27)(H,28,29,31)/i1D3. The summed E-state index contributed by atoms with van der Waals surface area (Å²) in [6, 6.07) is 8.34. The molecule has 0 aliphatic heterocycles. The smallest absolute Gasteiger partial charge is 0.230 e. The van der Waals surface area contributed by atoms with Crippen molar-refractivity contribution >= 4 is 28.6 Å². The van der Waals surface area contributed by atoms with Gasteiger partial charge in [0.2, 0.25) is 5.91 Å². The first-order valence-corrected chi connectivity index (χ1v) is 10.3. The number of hydrogen-bond donors (Lipinski definition) is 2. The second-order valence-corrected chi connectivity index (χ2v) is 8.83. The molecular weight excluding hydrogens is 404 g/mol. The van der Waals surface area contributed by atoms with Crippen molar-refractivity contribution in [2.45, 2.75) is 52.4 Å². The van der Waals surface area contributed by atoms with Gasteiger partial charge >= 0.3 is 0 Å². The minimum atomic E-state index is -2.21. The number of fused-ring (bicyclic) bond motifs is 1. The zero-order valence-electron chi connectivity index (χ0n) is 21.5. The van der Waals surface area contributed by atoms with E-state index >= 15 is 0 Å². The summed E-state index contributed by atoms with van der Waals surface area (Å²) in [5, 5.41) is 7.27. The van der Waals surface area contributed by atoms with Crippen LogP contribution in [-0.4, -0.2) is 25.6 Å². The van der Waals surface area contributed by atoms with E-state index in [0.29, 0.717) is 22.6 Å². The Morgan fingerprint density at radius 2 is 2.03 bits per heavy atom. The van der Waals surface area contributed by atoms with Crippen molar-refractivity contribution in [1.82, 2.24) is 19.7 Å². The number of nitrogens with zero attached hydrogens (tertiary/aromatic N) is 4. The molecule has 0 fully saturated rings. The van der Waals surface area contributed by atoms with E-state index in [2.05, 4.69) is 20.4 Å². The predicted molar refractivity (Wildman–Crippen MR) is 125 cm³/mol. The van der Waals surface area contributed by atoms with E-state index in [0.717, 1.165) is 16.7 Å². The SMILES string of the molecule is [2H]C([2H])([2H])C(C)n1cc(-c2ccc(CC(=O)Nc3cc(C(C)(C)C)on3)cc2)c2c(N)ncnc21. The highest BCUT2D eigenvalue weighted by atomic mass is 16.5. The Morgan fingerprint density at radius 3 is 2.69 bits per heavy atom. The number of rotatable bonds is 5. The van der Waals surface area contributed by atoms with Crippen LogP contribution in [0.5, 0.6) is 0 Å². The predicted octanol–water partition coefficient (Wildman–Crippen LogP) is 4.73. The van der Waals surface area contributed by atoms with E-state index in [1.165, 1.54) is 6.33 Å². The molecule has 1 atom stereocenters. The summed E-state index contributed by atoms with van der Waals surface area (Å²) in [5.41, 5.74) is 8.73. The molecular formula is C24H28N6O2. The van der Waals surface area contributed by atoms with E-state index in [1.54, 1.807) is 23.8 Å². The number of nitrogens with two attached hydrogens (primary N) is 1. The number of nitrogen functional groups attached to an aromatic ring is 1. The van der Waals surface area contributed by atoms with Crippen LogP contribution in [0.2, 0.25) is 0 Å². The molecule has 3 aromatic heterocycles. The molecule has 0 aliphatic rings. The zero-order valence-corrected chi connectivity index (χ0v) is 18.5. The summed E-state index contributed by atoms with van der Waals surface area (Å²) in [6.45, 7) is 5.41. The Labute approximate surface area is 191 Å². The molecule has 8 heteroatoms. The molecule has 1 amide bonds. The van der Waals surface area contributed by atoms with Crippen molar-refractivity contribution in [3.8, 4) is 11.1 Å². The highest BCUT2D eigenvalue weighted by Gasteiger charge is 2.20. The topological polar surface area (TPSA) is 112 Å². The molecule has 0 saturated carbocycles. The molecule has 0 bridgehead atoms. The summed E-state index contributed by atoms with van der Waals surface area (Å²) < 4.78 is 30.4. The molecule has 32 heavy (non-hydrogen) atoms.